The molecule has 11 nitrogen and oxygen atoms in total. The summed E-state index contributed by atoms with van der Waals surface area (Å²) < 4.78 is 6.33. The summed E-state index contributed by atoms with van der Waals surface area (Å²) in [5, 5.41) is 17.9. The fraction of sp³-hybridized carbons (Fsp3) is 0.303. The summed E-state index contributed by atoms with van der Waals surface area (Å²) in [6.07, 6.45) is 1.93. The lowest BCUT2D eigenvalue weighted by Gasteiger charge is -2.47. The van der Waals surface area contributed by atoms with Gasteiger partial charge in [-0.05, 0) is 73.2 Å². The molecule has 5 aromatic rings. The zero-order chi connectivity index (χ0) is 33.3. The Morgan fingerprint density at radius 3 is 2.49 bits per heavy atom. The second-order valence-electron chi connectivity index (χ2n) is 12.7. The largest absolute Gasteiger partial charge is 0.508 e. The van der Waals surface area contributed by atoms with E-state index >= 15 is 0 Å². The molecular weight excluding hydrogens is 663 g/mol. The van der Waals surface area contributed by atoms with Crippen molar-refractivity contribution in [3.05, 3.63) is 96.3 Å². The number of aromatic nitrogens is 5. The number of aromatic hydroxyl groups is 1. The van der Waals surface area contributed by atoms with Crippen LogP contribution in [-0.4, -0.2) is 40.6 Å². The smallest absolute Gasteiger partial charge is 0.347 e. The van der Waals surface area contributed by atoms with Crippen LogP contribution in [0.4, 0.5) is 5.82 Å². The van der Waals surface area contributed by atoms with E-state index < -0.39 is 46.5 Å². The van der Waals surface area contributed by atoms with E-state index in [1.54, 1.807) is 43.5 Å². The fourth-order valence-corrected chi connectivity index (χ4v) is 9.42. The molecule has 1 N–H and O–H groups in total. The number of anilines is 1. The minimum absolute atomic E-state index is 0.0915. The van der Waals surface area contributed by atoms with Crippen molar-refractivity contribution >= 4 is 62.3 Å². The van der Waals surface area contributed by atoms with Crippen LogP contribution in [0.2, 0.25) is 10.0 Å². The molecule has 2 amide bonds. The SMILES string of the molecule is Cc1c(-c2cc(N3C(=O)C4CC5C(=CCn6c(=O)n(C)c(=O)n65)C(c5cc(Cl)ccc5O)C4(C)C3=O)n(C)n2)sc2ccc(Cl)cc12. The van der Waals surface area contributed by atoms with Gasteiger partial charge in [-0.3, -0.25) is 14.3 Å². The van der Waals surface area contributed by atoms with Gasteiger partial charge in [-0.1, -0.05) is 29.3 Å². The van der Waals surface area contributed by atoms with Gasteiger partial charge in [0.15, 0.2) is 0 Å². The van der Waals surface area contributed by atoms with Gasteiger partial charge >= 0.3 is 11.4 Å². The van der Waals surface area contributed by atoms with Gasteiger partial charge in [0.05, 0.1) is 28.8 Å². The van der Waals surface area contributed by atoms with Crippen molar-refractivity contribution in [2.75, 3.05) is 4.90 Å². The zero-order valence-electron chi connectivity index (χ0n) is 25.7. The van der Waals surface area contributed by atoms with Crippen molar-refractivity contribution < 1.29 is 14.7 Å². The lowest BCUT2D eigenvalue weighted by atomic mass is 9.56. The van der Waals surface area contributed by atoms with Gasteiger partial charge in [-0.25, -0.2) is 28.4 Å². The van der Waals surface area contributed by atoms with E-state index in [0.717, 1.165) is 25.1 Å². The summed E-state index contributed by atoms with van der Waals surface area (Å²) in [7, 11) is 3.10. The molecule has 1 aliphatic carbocycles. The minimum atomic E-state index is -1.36. The van der Waals surface area contributed by atoms with Crippen LogP contribution in [0, 0.1) is 18.3 Å². The number of hydrogen-bond donors (Lipinski definition) is 1. The number of thiophene rings is 1. The van der Waals surface area contributed by atoms with Crippen LogP contribution in [0.3, 0.4) is 0 Å². The van der Waals surface area contributed by atoms with Gasteiger partial charge in [-0.2, -0.15) is 5.10 Å². The van der Waals surface area contributed by atoms with Gasteiger partial charge in [0.25, 0.3) is 0 Å². The molecule has 47 heavy (non-hydrogen) atoms. The maximum atomic E-state index is 14.8. The Morgan fingerprint density at radius 2 is 1.72 bits per heavy atom. The van der Waals surface area contributed by atoms with E-state index in [4.69, 9.17) is 28.3 Å². The lowest BCUT2D eigenvalue weighted by Crippen LogP contribution is -2.49. The number of carbonyl (C=O) groups is 2. The predicted molar refractivity (Wildman–Crippen MR) is 179 cm³/mol. The number of hydrogen-bond acceptors (Lipinski definition) is 7. The fourth-order valence-electron chi connectivity index (χ4n) is 7.92. The van der Waals surface area contributed by atoms with Crippen LogP contribution in [-0.2, 0) is 30.2 Å². The van der Waals surface area contributed by atoms with Gasteiger partial charge in [0.2, 0.25) is 11.8 Å². The molecule has 3 aliphatic rings. The highest BCUT2D eigenvalue weighted by atomic mass is 35.5. The summed E-state index contributed by atoms with van der Waals surface area (Å²) in [6.45, 7) is 3.83. The van der Waals surface area contributed by atoms with Crippen molar-refractivity contribution in [2.45, 2.75) is 38.8 Å². The maximum Gasteiger partial charge on any atom is 0.347 e. The van der Waals surface area contributed by atoms with Gasteiger partial charge < -0.3 is 5.11 Å². The number of phenolic OH excluding ortho intramolecular Hbond substituents is 1. The quantitative estimate of drug-likeness (QED) is 0.206. The average Bonchev–Trinajstić information content (AvgIpc) is 3.70. The van der Waals surface area contributed by atoms with Crippen molar-refractivity contribution in [3.8, 4) is 16.3 Å². The van der Waals surface area contributed by atoms with Crippen LogP contribution in [0.5, 0.6) is 5.75 Å². The zero-order valence-corrected chi connectivity index (χ0v) is 28.0. The molecule has 5 heterocycles. The molecule has 0 spiro atoms. The summed E-state index contributed by atoms with van der Waals surface area (Å²) in [4.78, 5) is 57.8. The Morgan fingerprint density at radius 1 is 1.00 bits per heavy atom. The molecule has 0 bridgehead atoms. The molecule has 8 rings (SSSR count). The first-order valence-corrected chi connectivity index (χ1v) is 16.6. The Bertz CT molecular complexity index is 2380. The van der Waals surface area contributed by atoms with Gasteiger partial charge in [0.1, 0.15) is 17.3 Å². The number of halogens is 2. The summed E-state index contributed by atoms with van der Waals surface area (Å²) in [5.41, 5.74) is 0.278. The van der Waals surface area contributed by atoms with Crippen LogP contribution >= 0.6 is 34.5 Å². The Labute approximate surface area is 281 Å². The first-order valence-electron chi connectivity index (χ1n) is 15.0. The molecule has 14 heteroatoms. The van der Waals surface area contributed by atoms with Crippen LogP contribution < -0.4 is 16.3 Å². The summed E-state index contributed by atoms with van der Waals surface area (Å²) in [5.74, 6) is -2.41. The standard InChI is InChI=1S/C33H28Cl2N6O5S/c1-15-19-11-17(35)6-8-25(19)47-28(15)22-14-26(38(4)36-22)40-29(43)21-13-23-18(9-10-39-31(45)37(3)32(46)41(23)39)27(33(21,2)30(40)44)20-12-16(34)5-7-24(20)42/h5-9,11-12,14,21,23,27,42H,10,13H2,1-4H3. The maximum absolute atomic E-state index is 14.8. The van der Waals surface area contributed by atoms with E-state index in [2.05, 4.69) is 0 Å². The van der Waals surface area contributed by atoms with Crippen LogP contribution in [0.15, 0.2) is 63.7 Å². The number of imide groups is 1. The predicted octanol–water partition coefficient (Wildman–Crippen LogP) is 5.15. The highest BCUT2D eigenvalue weighted by Crippen LogP contribution is 2.62. The number of nitrogens with zero attached hydrogens (tertiary/aromatic N) is 6. The van der Waals surface area contributed by atoms with Gasteiger partial charge in [0, 0.05) is 46.4 Å². The van der Waals surface area contributed by atoms with E-state index in [9.17, 15) is 24.3 Å². The van der Waals surface area contributed by atoms with Crippen LogP contribution in [0.1, 0.15) is 36.4 Å². The molecule has 3 aromatic heterocycles. The molecule has 4 atom stereocenters. The number of phenols is 1. The minimum Gasteiger partial charge on any atom is -0.508 e. The monoisotopic (exact) mass is 690 g/mol. The van der Waals surface area contributed by atoms with Gasteiger partial charge in [-0.15, -0.1) is 11.3 Å². The van der Waals surface area contributed by atoms with E-state index in [-0.39, 0.29) is 18.7 Å². The van der Waals surface area contributed by atoms with Crippen molar-refractivity contribution in [3.63, 3.8) is 0 Å². The molecule has 2 fully saturated rings. The molecule has 0 radical (unpaired) electrons. The van der Waals surface area contributed by atoms with Crippen molar-refractivity contribution in [2.24, 2.45) is 25.4 Å². The Hall–Kier alpha value is -4.39. The first kappa shape index (κ1) is 30.0. The summed E-state index contributed by atoms with van der Waals surface area (Å²) in [6, 6.07) is 11.3. The normalized spacial score (nSPS) is 23.7. The highest BCUT2D eigenvalue weighted by Gasteiger charge is 2.66. The molecular formula is C33H28Cl2N6O5S. The highest BCUT2D eigenvalue weighted by molar-refractivity contribution is 7.22. The van der Waals surface area contributed by atoms with Crippen molar-refractivity contribution in [1.29, 1.82) is 0 Å². The number of benzene rings is 2. The molecule has 4 unspecified atom stereocenters. The molecule has 240 valence electrons. The number of fused-ring (bicyclic) bond motifs is 5. The second-order valence-corrected chi connectivity index (χ2v) is 14.6. The molecule has 1 saturated heterocycles. The number of aryl methyl sites for hydroxylation is 2. The topological polar surface area (TPSA) is 124 Å². The molecule has 2 aliphatic heterocycles. The number of amides is 2. The third kappa shape index (κ3) is 3.95. The average molecular weight is 692 g/mol. The summed E-state index contributed by atoms with van der Waals surface area (Å²) >= 11 is 14.3. The second kappa shape index (κ2) is 10.1. The van der Waals surface area contributed by atoms with E-state index in [1.807, 2.05) is 31.2 Å². The molecule has 1 saturated carbocycles. The van der Waals surface area contributed by atoms with E-state index in [1.165, 1.54) is 32.1 Å². The number of rotatable bonds is 3. The first-order chi connectivity index (χ1) is 22.3. The molecule has 2 aromatic carbocycles. The van der Waals surface area contributed by atoms with E-state index in [0.29, 0.717) is 32.7 Å². The number of allylic oxidation sites excluding steroid dienone is 2. The number of carbonyl (C=O) groups excluding carboxylic acids is 2. The third-order valence-corrected chi connectivity index (χ3v) is 12.0. The van der Waals surface area contributed by atoms with Crippen LogP contribution in [0.25, 0.3) is 20.7 Å². The lowest BCUT2D eigenvalue weighted by molar-refractivity contribution is -0.129. The Balaban J connectivity index is 1.29. The Kier molecular flexibility index (Phi) is 6.41. The third-order valence-electron chi connectivity index (χ3n) is 10.2. The van der Waals surface area contributed by atoms with Crippen molar-refractivity contribution in [1.82, 2.24) is 23.7 Å².